The minimum Gasteiger partial charge on any atom is -0.369 e. The highest BCUT2D eigenvalue weighted by Crippen LogP contribution is 2.15. The van der Waals surface area contributed by atoms with Crippen LogP contribution in [0.3, 0.4) is 0 Å². The van der Waals surface area contributed by atoms with E-state index in [1.54, 1.807) is 25.2 Å². The molecule has 0 spiro atoms. The summed E-state index contributed by atoms with van der Waals surface area (Å²) in [5, 5.41) is 3.33. The third kappa shape index (κ3) is 3.44. The molecule has 1 N–H and O–H groups in total. The van der Waals surface area contributed by atoms with E-state index in [0.29, 0.717) is 11.6 Å². The second-order valence-corrected chi connectivity index (χ2v) is 5.29. The Bertz CT molecular complexity index is 430. The van der Waals surface area contributed by atoms with Crippen molar-refractivity contribution in [3.8, 4) is 0 Å². The van der Waals surface area contributed by atoms with Crippen molar-refractivity contribution >= 4 is 11.7 Å². The predicted molar refractivity (Wildman–Crippen MR) is 76.4 cm³/mol. The van der Waals surface area contributed by atoms with Gasteiger partial charge >= 0.3 is 0 Å². The topological polar surface area (TPSA) is 48.5 Å². The number of carbonyl (C=O) groups excluding carboxylic acids is 1. The number of likely N-dealkylation sites (N-methyl/N-ethyl adjacent to an activating group) is 1. The fourth-order valence-electron chi connectivity index (χ4n) is 2.34. The Morgan fingerprint density at radius 2 is 2.32 bits per heavy atom. The molecule has 2 heterocycles. The van der Waals surface area contributed by atoms with Crippen LogP contribution in [0.4, 0.5) is 5.82 Å². The first-order valence-electron chi connectivity index (χ1n) is 6.70. The number of rotatable bonds is 4. The van der Waals surface area contributed by atoms with E-state index >= 15 is 0 Å². The second kappa shape index (κ2) is 6.02. The average Bonchev–Trinajstić information content (AvgIpc) is 2.81. The summed E-state index contributed by atoms with van der Waals surface area (Å²) < 4.78 is 0. The summed E-state index contributed by atoms with van der Waals surface area (Å²) in [6.07, 6.45) is 4.14. The molecule has 1 fully saturated rings. The lowest BCUT2D eigenvalue weighted by Gasteiger charge is -2.20. The van der Waals surface area contributed by atoms with E-state index in [2.05, 4.69) is 22.2 Å². The van der Waals surface area contributed by atoms with E-state index < -0.39 is 0 Å². The summed E-state index contributed by atoms with van der Waals surface area (Å²) in [6, 6.07) is 4.27. The van der Waals surface area contributed by atoms with Crippen LogP contribution in [-0.2, 0) is 0 Å². The van der Waals surface area contributed by atoms with Gasteiger partial charge in [0, 0.05) is 32.9 Å². The minimum atomic E-state index is -0.0189. The Morgan fingerprint density at radius 1 is 1.53 bits per heavy atom. The highest BCUT2D eigenvalue weighted by molar-refractivity contribution is 5.93. The lowest BCUT2D eigenvalue weighted by atomic mass is 10.2. The number of nitrogens with zero attached hydrogens (tertiary/aromatic N) is 3. The third-order valence-electron chi connectivity index (χ3n) is 3.61. The molecule has 1 aliphatic rings. The van der Waals surface area contributed by atoms with Crippen LogP contribution in [0.1, 0.15) is 23.2 Å². The molecule has 0 aliphatic carbocycles. The molecular weight excluding hydrogens is 240 g/mol. The van der Waals surface area contributed by atoms with Crippen LogP contribution < -0.4 is 5.32 Å². The van der Waals surface area contributed by atoms with E-state index in [1.807, 2.05) is 12.1 Å². The van der Waals surface area contributed by atoms with E-state index in [0.717, 1.165) is 12.4 Å². The maximum Gasteiger partial charge on any atom is 0.254 e. The molecule has 19 heavy (non-hydrogen) atoms. The molecule has 1 atom stereocenters. The summed E-state index contributed by atoms with van der Waals surface area (Å²) in [6.45, 7) is 2.08. The van der Waals surface area contributed by atoms with Crippen molar-refractivity contribution in [2.75, 3.05) is 39.5 Å². The molecule has 2 rings (SSSR count). The molecule has 5 heteroatoms. The minimum absolute atomic E-state index is 0.0189. The normalized spacial score (nSPS) is 19.4. The zero-order valence-corrected chi connectivity index (χ0v) is 11.9. The highest BCUT2D eigenvalue weighted by Gasteiger charge is 2.20. The lowest BCUT2D eigenvalue weighted by molar-refractivity contribution is 0.0827. The van der Waals surface area contributed by atoms with E-state index in [1.165, 1.54) is 19.4 Å². The molecule has 0 bridgehead atoms. The standard InChI is InChI=1S/C14H22N4O/c1-17(2)14(19)11-6-7-13(15-9-11)16-10-12-5-4-8-18(12)3/h6-7,9,12H,4-5,8,10H2,1-3H3,(H,15,16). The Balaban J connectivity index is 1.90. The number of carbonyl (C=O) groups is 1. The average molecular weight is 262 g/mol. The van der Waals surface area contributed by atoms with Gasteiger partial charge in [-0.15, -0.1) is 0 Å². The van der Waals surface area contributed by atoms with Crippen molar-refractivity contribution in [3.63, 3.8) is 0 Å². The summed E-state index contributed by atoms with van der Waals surface area (Å²) in [7, 11) is 5.64. The Hall–Kier alpha value is -1.62. The van der Waals surface area contributed by atoms with Gasteiger partial charge in [0.05, 0.1) is 5.56 Å². The molecule has 5 nitrogen and oxygen atoms in total. The van der Waals surface area contributed by atoms with Crippen molar-refractivity contribution in [3.05, 3.63) is 23.9 Å². The SMILES string of the molecule is CN(C)C(=O)c1ccc(NCC2CCCN2C)nc1. The lowest BCUT2D eigenvalue weighted by Crippen LogP contribution is -2.31. The van der Waals surface area contributed by atoms with E-state index in [9.17, 15) is 4.79 Å². The van der Waals surface area contributed by atoms with Crippen LogP contribution in [-0.4, -0.2) is 61.0 Å². The van der Waals surface area contributed by atoms with Gasteiger partial charge in [-0.3, -0.25) is 4.79 Å². The Kier molecular flexibility index (Phi) is 4.37. The first kappa shape index (κ1) is 13.8. The van der Waals surface area contributed by atoms with Gasteiger partial charge in [0.2, 0.25) is 0 Å². The van der Waals surface area contributed by atoms with Crippen LogP contribution in [0.15, 0.2) is 18.3 Å². The zero-order valence-electron chi connectivity index (χ0n) is 11.9. The van der Waals surface area contributed by atoms with Gasteiger partial charge in [0.25, 0.3) is 5.91 Å². The van der Waals surface area contributed by atoms with E-state index in [-0.39, 0.29) is 5.91 Å². The van der Waals surface area contributed by atoms with Gasteiger partial charge in [-0.1, -0.05) is 0 Å². The fraction of sp³-hybridized carbons (Fsp3) is 0.571. The van der Waals surface area contributed by atoms with Crippen LogP contribution in [0, 0.1) is 0 Å². The molecule has 1 aromatic heterocycles. The highest BCUT2D eigenvalue weighted by atomic mass is 16.2. The summed E-state index contributed by atoms with van der Waals surface area (Å²) in [5.41, 5.74) is 0.619. The summed E-state index contributed by atoms with van der Waals surface area (Å²) in [5.74, 6) is 0.810. The van der Waals surface area contributed by atoms with Crippen molar-refractivity contribution in [2.24, 2.45) is 0 Å². The van der Waals surface area contributed by atoms with Crippen molar-refractivity contribution in [2.45, 2.75) is 18.9 Å². The number of nitrogens with one attached hydrogen (secondary N) is 1. The number of hydrogen-bond acceptors (Lipinski definition) is 4. The Labute approximate surface area is 114 Å². The van der Waals surface area contributed by atoms with Crippen molar-refractivity contribution in [1.29, 1.82) is 0 Å². The first-order chi connectivity index (χ1) is 9.08. The fourth-order valence-corrected chi connectivity index (χ4v) is 2.34. The third-order valence-corrected chi connectivity index (χ3v) is 3.61. The quantitative estimate of drug-likeness (QED) is 0.888. The molecule has 0 aromatic carbocycles. The van der Waals surface area contributed by atoms with Crippen molar-refractivity contribution in [1.82, 2.24) is 14.8 Å². The molecule has 1 unspecified atom stereocenters. The molecule has 0 radical (unpaired) electrons. The molecular formula is C14H22N4O. The number of hydrogen-bond donors (Lipinski definition) is 1. The van der Waals surface area contributed by atoms with Gasteiger partial charge in [-0.2, -0.15) is 0 Å². The number of likely N-dealkylation sites (tertiary alicyclic amines) is 1. The van der Waals surface area contributed by atoms with Gasteiger partial charge in [-0.25, -0.2) is 4.98 Å². The molecule has 104 valence electrons. The molecule has 1 amide bonds. The smallest absolute Gasteiger partial charge is 0.254 e. The monoisotopic (exact) mass is 262 g/mol. The van der Waals surface area contributed by atoms with Gasteiger partial charge in [-0.05, 0) is 38.6 Å². The van der Waals surface area contributed by atoms with Gasteiger partial charge in [0.1, 0.15) is 5.82 Å². The van der Waals surface area contributed by atoms with Crippen LogP contribution >= 0.6 is 0 Å². The number of anilines is 1. The molecule has 1 saturated heterocycles. The van der Waals surface area contributed by atoms with E-state index in [4.69, 9.17) is 0 Å². The number of aromatic nitrogens is 1. The Morgan fingerprint density at radius 3 is 2.84 bits per heavy atom. The second-order valence-electron chi connectivity index (χ2n) is 5.29. The van der Waals surface area contributed by atoms with Crippen LogP contribution in [0.5, 0.6) is 0 Å². The largest absolute Gasteiger partial charge is 0.369 e. The van der Waals surface area contributed by atoms with Gasteiger partial charge in [0.15, 0.2) is 0 Å². The molecule has 1 aromatic rings. The summed E-state index contributed by atoms with van der Waals surface area (Å²) in [4.78, 5) is 19.9. The van der Waals surface area contributed by atoms with Gasteiger partial charge < -0.3 is 15.1 Å². The maximum absolute atomic E-state index is 11.7. The number of pyridine rings is 1. The first-order valence-corrected chi connectivity index (χ1v) is 6.70. The van der Waals surface area contributed by atoms with Crippen LogP contribution in [0.25, 0.3) is 0 Å². The number of amides is 1. The molecule has 1 aliphatic heterocycles. The molecule has 0 saturated carbocycles. The summed E-state index contributed by atoms with van der Waals surface area (Å²) >= 11 is 0. The zero-order chi connectivity index (χ0) is 13.8. The predicted octanol–water partition coefficient (Wildman–Crippen LogP) is 1.29. The van der Waals surface area contributed by atoms with Crippen LogP contribution in [0.2, 0.25) is 0 Å². The van der Waals surface area contributed by atoms with Crippen molar-refractivity contribution < 1.29 is 4.79 Å². The maximum atomic E-state index is 11.7.